The molecule has 31 heavy (non-hydrogen) atoms. The van der Waals surface area contributed by atoms with Gasteiger partial charge >= 0.3 is 12.1 Å². The van der Waals surface area contributed by atoms with Gasteiger partial charge in [0, 0.05) is 5.39 Å². The predicted octanol–water partition coefficient (Wildman–Crippen LogP) is 5.99. The molecule has 2 N–H and O–H groups in total. The quantitative estimate of drug-likeness (QED) is 0.414. The molecular formula is C24H18FNO5. The highest BCUT2D eigenvalue weighted by molar-refractivity contribution is 6.00. The lowest BCUT2D eigenvalue weighted by molar-refractivity contribution is 0.0697. The van der Waals surface area contributed by atoms with Crippen molar-refractivity contribution in [2.75, 3.05) is 5.32 Å². The van der Waals surface area contributed by atoms with E-state index in [9.17, 15) is 19.1 Å². The molecular weight excluding hydrogens is 401 g/mol. The summed E-state index contributed by atoms with van der Waals surface area (Å²) >= 11 is 0. The van der Waals surface area contributed by atoms with Gasteiger partial charge in [0.1, 0.15) is 17.2 Å². The number of carbonyl (C=O) groups excluding carboxylic acids is 1. The fraction of sp³-hybridized carbons (Fsp3) is 0.0833. The summed E-state index contributed by atoms with van der Waals surface area (Å²) in [5, 5.41) is 12.6. The maximum atomic E-state index is 13.1. The van der Waals surface area contributed by atoms with E-state index in [1.165, 1.54) is 18.2 Å². The minimum absolute atomic E-state index is 0.0107. The topological polar surface area (TPSA) is 88.8 Å². The zero-order chi connectivity index (χ0) is 22.0. The number of aromatic carboxylic acids is 1. The van der Waals surface area contributed by atoms with Crippen LogP contribution in [0.4, 0.5) is 14.9 Å². The fourth-order valence-corrected chi connectivity index (χ4v) is 3.33. The van der Waals surface area contributed by atoms with Gasteiger partial charge < -0.3 is 14.3 Å². The van der Waals surface area contributed by atoms with Gasteiger partial charge in [-0.15, -0.1) is 0 Å². The molecule has 6 nitrogen and oxygen atoms in total. The monoisotopic (exact) mass is 419 g/mol. The highest BCUT2D eigenvalue weighted by atomic mass is 19.1. The first-order valence-corrected chi connectivity index (χ1v) is 9.46. The third kappa shape index (κ3) is 4.40. The van der Waals surface area contributed by atoms with Gasteiger partial charge in [-0.05, 0) is 60.0 Å². The van der Waals surface area contributed by atoms with Gasteiger partial charge in [0.15, 0.2) is 6.61 Å². The molecule has 1 amide bonds. The number of amides is 1. The Kier molecular flexibility index (Phi) is 5.41. The lowest BCUT2D eigenvalue weighted by Gasteiger charge is -2.10. The predicted molar refractivity (Wildman–Crippen MR) is 114 cm³/mol. The van der Waals surface area contributed by atoms with Crippen LogP contribution in [0, 0.1) is 12.7 Å². The number of anilines is 1. The van der Waals surface area contributed by atoms with Crippen molar-refractivity contribution in [3.63, 3.8) is 0 Å². The number of benzene rings is 3. The molecule has 156 valence electrons. The molecule has 0 aliphatic carbocycles. The van der Waals surface area contributed by atoms with Crippen molar-refractivity contribution in [2.24, 2.45) is 0 Å². The molecule has 0 spiro atoms. The second-order valence-corrected chi connectivity index (χ2v) is 6.98. The van der Waals surface area contributed by atoms with E-state index in [0.29, 0.717) is 16.9 Å². The van der Waals surface area contributed by atoms with Crippen LogP contribution in [0.2, 0.25) is 0 Å². The largest absolute Gasteiger partial charge is 0.478 e. The minimum atomic E-state index is -1.14. The number of carboxylic acids is 1. The second kappa shape index (κ2) is 8.31. The Morgan fingerprint density at radius 3 is 2.52 bits per heavy atom. The normalized spacial score (nSPS) is 10.8. The van der Waals surface area contributed by atoms with E-state index in [1.54, 1.807) is 43.3 Å². The molecule has 0 saturated carbocycles. The number of hydrogen-bond acceptors (Lipinski definition) is 4. The van der Waals surface area contributed by atoms with Gasteiger partial charge in [-0.2, -0.15) is 0 Å². The van der Waals surface area contributed by atoms with E-state index in [4.69, 9.17) is 9.15 Å². The maximum Gasteiger partial charge on any atom is 0.412 e. The van der Waals surface area contributed by atoms with Crippen molar-refractivity contribution in [2.45, 2.75) is 13.5 Å². The number of carbonyl (C=O) groups is 2. The van der Waals surface area contributed by atoms with E-state index in [2.05, 4.69) is 5.32 Å². The smallest absolute Gasteiger partial charge is 0.412 e. The lowest BCUT2D eigenvalue weighted by atomic mass is 10.0. The summed E-state index contributed by atoms with van der Waals surface area (Å²) in [6, 6.07) is 18.3. The number of rotatable bonds is 5. The highest BCUT2D eigenvalue weighted by Crippen LogP contribution is 2.27. The van der Waals surface area contributed by atoms with Gasteiger partial charge in [0.2, 0.25) is 0 Å². The SMILES string of the molecule is Cc1cccc(NC(=O)OCc2cc3cc(-c4ccc(F)cc4)ccc3o2)c1C(=O)O. The summed E-state index contributed by atoms with van der Waals surface area (Å²) in [4.78, 5) is 23.6. The maximum absolute atomic E-state index is 13.1. The van der Waals surface area contributed by atoms with Crippen molar-refractivity contribution in [3.8, 4) is 11.1 Å². The van der Waals surface area contributed by atoms with Gasteiger partial charge in [0.25, 0.3) is 0 Å². The molecule has 0 bridgehead atoms. The summed E-state index contributed by atoms with van der Waals surface area (Å²) in [5.74, 6) is -1.00. The van der Waals surface area contributed by atoms with Gasteiger partial charge in [-0.3, -0.25) is 5.32 Å². The Bertz CT molecular complexity index is 1280. The van der Waals surface area contributed by atoms with Crippen molar-refractivity contribution in [3.05, 3.63) is 89.4 Å². The average molecular weight is 419 g/mol. The van der Waals surface area contributed by atoms with Crippen molar-refractivity contribution in [1.29, 1.82) is 0 Å². The van der Waals surface area contributed by atoms with Crippen LogP contribution in [0.3, 0.4) is 0 Å². The van der Waals surface area contributed by atoms with Crippen molar-refractivity contribution < 1.29 is 28.2 Å². The third-order valence-electron chi connectivity index (χ3n) is 4.81. The van der Waals surface area contributed by atoms with Gasteiger partial charge in [-0.1, -0.05) is 30.3 Å². The molecule has 3 aromatic carbocycles. The van der Waals surface area contributed by atoms with Crippen LogP contribution in [0.1, 0.15) is 21.7 Å². The van der Waals surface area contributed by atoms with Gasteiger partial charge in [0.05, 0.1) is 11.3 Å². The molecule has 0 aliphatic rings. The number of furan rings is 1. The molecule has 4 rings (SSSR count). The van der Waals surface area contributed by atoms with Crippen LogP contribution in [-0.2, 0) is 11.3 Å². The summed E-state index contributed by atoms with van der Waals surface area (Å²) < 4.78 is 24.0. The van der Waals surface area contributed by atoms with E-state index in [1.807, 2.05) is 12.1 Å². The van der Waals surface area contributed by atoms with Gasteiger partial charge in [-0.25, -0.2) is 14.0 Å². The zero-order valence-corrected chi connectivity index (χ0v) is 16.5. The molecule has 1 heterocycles. The van der Waals surface area contributed by atoms with E-state index >= 15 is 0 Å². The Labute approximate surface area is 176 Å². The van der Waals surface area contributed by atoms with E-state index < -0.39 is 12.1 Å². The van der Waals surface area contributed by atoms with E-state index in [-0.39, 0.29) is 23.7 Å². The van der Waals surface area contributed by atoms with Crippen LogP contribution in [0.25, 0.3) is 22.1 Å². The molecule has 0 fully saturated rings. The first-order chi connectivity index (χ1) is 14.9. The number of carboxylic acid groups (broad SMARTS) is 1. The molecule has 1 aromatic heterocycles. The molecule has 7 heteroatoms. The van der Waals surface area contributed by atoms with Crippen molar-refractivity contribution >= 4 is 28.7 Å². The first kappa shape index (κ1) is 20.2. The number of halogens is 1. The average Bonchev–Trinajstić information content (AvgIpc) is 3.15. The number of hydrogen-bond donors (Lipinski definition) is 2. The molecule has 0 radical (unpaired) electrons. The molecule has 4 aromatic rings. The highest BCUT2D eigenvalue weighted by Gasteiger charge is 2.16. The standard InChI is InChI=1S/C24H18FNO5/c1-14-3-2-4-20(22(14)23(27)28)26-24(29)30-13-19-12-17-11-16(7-10-21(17)31-19)15-5-8-18(25)9-6-15/h2-12H,13H2,1H3,(H,26,29)(H,27,28). The summed E-state index contributed by atoms with van der Waals surface area (Å²) in [6.07, 6.45) is -0.791. The van der Waals surface area contributed by atoms with Crippen LogP contribution >= 0.6 is 0 Å². The Balaban J connectivity index is 1.46. The minimum Gasteiger partial charge on any atom is -0.478 e. The molecule has 0 unspecified atom stereocenters. The lowest BCUT2D eigenvalue weighted by Crippen LogP contribution is -2.16. The second-order valence-electron chi connectivity index (χ2n) is 6.98. The number of ether oxygens (including phenoxy) is 1. The summed E-state index contributed by atoms with van der Waals surface area (Å²) in [7, 11) is 0. The van der Waals surface area contributed by atoms with Crippen LogP contribution in [-0.4, -0.2) is 17.2 Å². The molecule has 0 aliphatic heterocycles. The Morgan fingerprint density at radius 1 is 1.03 bits per heavy atom. The fourth-order valence-electron chi connectivity index (χ4n) is 3.33. The molecule has 0 atom stereocenters. The summed E-state index contributed by atoms with van der Waals surface area (Å²) in [5.41, 5.74) is 3.09. The summed E-state index contributed by atoms with van der Waals surface area (Å²) in [6.45, 7) is 1.52. The number of nitrogens with one attached hydrogen (secondary N) is 1. The Morgan fingerprint density at radius 2 is 1.77 bits per heavy atom. The van der Waals surface area contributed by atoms with Crippen LogP contribution < -0.4 is 5.32 Å². The first-order valence-electron chi connectivity index (χ1n) is 9.46. The van der Waals surface area contributed by atoms with Crippen molar-refractivity contribution in [1.82, 2.24) is 0 Å². The number of fused-ring (bicyclic) bond motifs is 1. The Hall–Kier alpha value is -4.13. The molecule has 0 saturated heterocycles. The number of aryl methyl sites for hydroxylation is 1. The van der Waals surface area contributed by atoms with Crippen LogP contribution in [0.5, 0.6) is 0 Å². The zero-order valence-electron chi connectivity index (χ0n) is 16.5. The third-order valence-corrected chi connectivity index (χ3v) is 4.81. The van der Waals surface area contributed by atoms with Crippen LogP contribution in [0.15, 0.2) is 71.1 Å². The van der Waals surface area contributed by atoms with E-state index in [0.717, 1.165) is 16.5 Å².